The van der Waals surface area contributed by atoms with Crippen molar-refractivity contribution in [1.82, 2.24) is 0 Å². The van der Waals surface area contributed by atoms with Gasteiger partial charge in [-0.25, -0.2) is 8.42 Å². The Labute approximate surface area is 125 Å². The summed E-state index contributed by atoms with van der Waals surface area (Å²) in [5, 5.41) is -0.396. The molecule has 1 aliphatic carbocycles. The average Bonchev–Trinajstić information content (AvgIpc) is 3.24. The summed E-state index contributed by atoms with van der Waals surface area (Å²) in [5.74, 6) is 0.0266. The van der Waals surface area contributed by atoms with E-state index in [0.717, 1.165) is 5.56 Å². The third-order valence-corrected chi connectivity index (χ3v) is 6.55. The van der Waals surface area contributed by atoms with Crippen molar-refractivity contribution in [2.45, 2.75) is 23.0 Å². The van der Waals surface area contributed by atoms with Crippen molar-refractivity contribution < 1.29 is 8.42 Å². The second kappa shape index (κ2) is 5.28. The fraction of sp³-hybridized carbons (Fsp3) is 0.294. The summed E-state index contributed by atoms with van der Waals surface area (Å²) in [6, 6.07) is 16.7. The summed E-state index contributed by atoms with van der Waals surface area (Å²) in [6.07, 6.45) is 0. The molecule has 3 rings (SSSR count). The van der Waals surface area contributed by atoms with E-state index in [-0.39, 0.29) is 11.8 Å². The molecule has 2 aromatic carbocycles. The molecule has 2 N–H and O–H groups in total. The molecule has 110 valence electrons. The van der Waals surface area contributed by atoms with Crippen molar-refractivity contribution in [1.29, 1.82) is 0 Å². The van der Waals surface area contributed by atoms with Crippen LogP contribution in [0, 0.1) is 12.8 Å². The van der Waals surface area contributed by atoms with Crippen LogP contribution in [0.15, 0.2) is 59.5 Å². The van der Waals surface area contributed by atoms with Crippen LogP contribution in [0.4, 0.5) is 0 Å². The molecule has 1 saturated carbocycles. The molecule has 0 spiro atoms. The molecule has 0 radical (unpaired) electrons. The molecular formula is C17H19NO2S. The van der Waals surface area contributed by atoms with Crippen molar-refractivity contribution in [3.63, 3.8) is 0 Å². The second-order valence-corrected chi connectivity index (χ2v) is 7.76. The van der Waals surface area contributed by atoms with E-state index in [0.29, 0.717) is 11.4 Å². The van der Waals surface area contributed by atoms with E-state index >= 15 is 0 Å². The fourth-order valence-electron chi connectivity index (χ4n) is 3.04. The Morgan fingerprint density at radius 1 is 1.00 bits per heavy atom. The number of rotatable bonds is 4. The van der Waals surface area contributed by atoms with Crippen molar-refractivity contribution >= 4 is 9.84 Å². The zero-order valence-electron chi connectivity index (χ0n) is 11.9. The zero-order valence-corrected chi connectivity index (χ0v) is 12.8. The van der Waals surface area contributed by atoms with Gasteiger partial charge in [-0.15, -0.1) is 0 Å². The van der Waals surface area contributed by atoms with Gasteiger partial charge in [-0.05, 0) is 37.1 Å². The lowest BCUT2D eigenvalue weighted by atomic mass is 10.1. The van der Waals surface area contributed by atoms with E-state index < -0.39 is 15.1 Å². The Balaban J connectivity index is 1.94. The van der Waals surface area contributed by atoms with Crippen molar-refractivity contribution in [3.05, 3.63) is 65.7 Å². The van der Waals surface area contributed by atoms with E-state index in [1.54, 1.807) is 24.3 Å². The molecule has 0 amide bonds. The fourth-order valence-corrected chi connectivity index (χ4v) is 5.28. The Morgan fingerprint density at radius 3 is 2.19 bits per heavy atom. The summed E-state index contributed by atoms with van der Waals surface area (Å²) < 4.78 is 25.5. The minimum absolute atomic E-state index is 0.0120. The van der Waals surface area contributed by atoms with Crippen LogP contribution in [-0.4, -0.2) is 20.2 Å². The van der Waals surface area contributed by atoms with Crippen molar-refractivity contribution in [3.8, 4) is 0 Å². The molecule has 1 fully saturated rings. The maximum Gasteiger partial charge on any atom is 0.182 e. The van der Waals surface area contributed by atoms with E-state index in [1.807, 2.05) is 37.3 Å². The molecule has 0 bridgehead atoms. The van der Waals surface area contributed by atoms with Crippen LogP contribution in [0.1, 0.15) is 17.0 Å². The summed E-state index contributed by atoms with van der Waals surface area (Å²) >= 11 is 0. The van der Waals surface area contributed by atoms with Crippen LogP contribution >= 0.6 is 0 Å². The van der Waals surface area contributed by atoms with Crippen LogP contribution in [0.25, 0.3) is 0 Å². The van der Waals surface area contributed by atoms with Gasteiger partial charge in [0, 0.05) is 5.92 Å². The standard InChI is InChI=1S/C17H19NO2S/c1-12-7-9-13(10-8-12)16-15(11-18)17(16)21(19,20)14-5-3-2-4-6-14/h2-10,15-17H,11,18H2,1H3/t15-,16-,17-/m1/s1. The first-order valence-corrected chi connectivity index (χ1v) is 8.66. The molecule has 4 heteroatoms. The van der Waals surface area contributed by atoms with Gasteiger partial charge in [0.1, 0.15) is 0 Å². The molecule has 1 aliphatic rings. The Hall–Kier alpha value is -1.65. The smallest absolute Gasteiger partial charge is 0.182 e. The molecule has 21 heavy (non-hydrogen) atoms. The lowest BCUT2D eigenvalue weighted by molar-refractivity contribution is 0.591. The number of nitrogens with two attached hydrogens (primary N) is 1. The van der Waals surface area contributed by atoms with Gasteiger partial charge < -0.3 is 5.73 Å². The molecule has 0 heterocycles. The molecule has 0 aliphatic heterocycles. The quantitative estimate of drug-likeness (QED) is 0.944. The summed E-state index contributed by atoms with van der Waals surface area (Å²) in [7, 11) is -3.31. The van der Waals surface area contributed by atoms with Gasteiger partial charge in [0.05, 0.1) is 10.1 Å². The third-order valence-electron chi connectivity index (χ3n) is 4.26. The van der Waals surface area contributed by atoms with E-state index in [1.165, 1.54) is 5.56 Å². The Kier molecular flexibility index (Phi) is 3.59. The number of hydrogen-bond acceptors (Lipinski definition) is 3. The highest BCUT2D eigenvalue weighted by Gasteiger charge is 2.57. The monoisotopic (exact) mass is 301 g/mol. The van der Waals surface area contributed by atoms with Crippen LogP contribution < -0.4 is 5.73 Å². The molecule has 3 atom stereocenters. The van der Waals surface area contributed by atoms with Crippen LogP contribution in [0.3, 0.4) is 0 Å². The summed E-state index contributed by atoms with van der Waals surface area (Å²) in [4.78, 5) is 0.392. The van der Waals surface area contributed by atoms with Crippen LogP contribution in [0.5, 0.6) is 0 Å². The van der Waals surface area contributed by atoms with Gasteiger partial charge in [0.25, 0.3) is 0 Å². The van der Waals surface area contributed by atoms with Gasteiger partial charge in [0.2, 0.25) is 0 Å². The third kappa shape index (κ3) is 2.49. The maximum atomic E-state index is 12.8. The van der Waals surface area contributed by atoms with E-state index in [2.05, 4.69) is 0 Å². The van der Waals surface area contributed by atoms with Gasteiger partial charge in [0.15, 0.2) is 9.84 Å². The average molecular weight is 301 g/mol. The highest BCUT2D eigenvalue weighted by molar-refractivity contribution is 7.92. The predicted octanol–water partition coefficient (Wildman–Crippen LogP) is 2.51. The maximum absolute atomic E-state index is 12.8. The predicted molar refractivity (Wildman–Crippen MR) is 83.9 cm³/mol. The number of benzene rings is 2. The van der Waals surface area contributed by atoms with Gasteiger partial charge >= 0.3 is 0 Å². The minimum atomic E-state index is -3.31. The SMILES string of the molecule is Cc1ccc([C@@H]2[C@@H](CN)[C@H]2S(=O)(=O)c2ccccc2)cc1. The van der Waals surface area contributed by atoms with Crippen LogP contribution in [-0.2, 0) is 9.84 Å². The second-order valence-electron chi connectivity index (χ2n) is 5.66. The minimum Gasteiger partial charge on any atom is -0.330 e. The Morgan fingerprint density at radius 2 is 1.62 bits per heavy atom. The summed E-state index contributed by atoms with van der Waals surface area (Å²) in [6.45, 7) is 2.42. The van der Waals surface area contributed by atoms with E-state index in [4.69, 9.17) is 5.73 Å². The highest BCUT2D eigenvalue weighted by atomic mass is 32.2. The molecule has 0 unspecified atom stereocenters. The first kappa shape index (κ1) is 14.3. The molecular weight excluding hydrogens is 282 g/mol. The number of hydrogen-bond donors (Lipinski definition) is 1. The number of sulfone groups is 1. The molecule has 3 nitrogen and oxygen atoms in total. The Bertz CT molecular complexity index is 723. The van der Waals surface area contributed by atoms with Gasteiger partial charge in [-0.3, -0.25) is 0 Å². The van der Waals surface area contributed by atoms with Crippen molar-refractivity contribution in [2.75, 3.05) is 6.54 Å². The first-order chi connectivity index (χ1) is 10.1. The topological polar surface area (TPSA) is 60.2 Å². The normalized spacial score (nSPS) is 24.8. The molecule has 0 aromatic heterocycles. The van der Waals surface area contributed by atoms with Gasteiger partial charge in [-0.1, -0.05) is 48.0 Å². The van der Waals surface area contributed by atoms with Gasteiger partial charge in [-0.2, -0.15) is 0 Å². The number of aryl methyl sites for hydroxylation is 1. The lowest BCUT2D eigenvalue weighted by Gasteiger charge is -2.04. The molecule has 2 aromatic rings. The van der Waals surface area contributed by atoms with Crippen LogP contribution in [0.2, 0.25) is 0 Å². The largest absolute Gasteiger partial charge is 0.330 e. The first-order valence-electron chi connectivity index (χ1n) is 7.11. The summed E-state index contributed by atoms with van der Waals surface area (Å²) in [5.41, 5.74) is 8.03. The lowest BCUT2D eigenvalue weighted by Crippen LogP contribution is -2.13. The zero-order chi connectivity index (χ0) is 15.0. The highest BCUT2D eigenvalue weighted by Crippen LogP contribution is 2.53. The van der Waals surface area contributed by atoms with E-state index in [9.17, 15) is 8.42 Å². The molecule has 0 saturated heterocycles. The van der Waals surface area contributed by atoms with Crippen molar-refractivity contribution in [2.24, 2.45) is 11.7 Å².